The first-order valence-corrected chi connectivity index (χ1v) is 5.90. The largest absolute Gasteiger partial charge is 0.394 e. The van der Waals surface area contributed by atoms with Gasteiger partial charge in [0.15, 0.2) is 11.5 Å². The molecule has 10 nitrogen and oxygen atoms in total. The van der Waals surface area contributed by atoms with Crippen LogP contribution in [0.2, 0.25) is 0 Å². The fourth-order valence-corrected chi connectivity index (χ4v) is 2.34. The van der Waals surface area contributed by atoms with Crippen LogP contribution in [0.3, 0.4) is 0 Å². The van der Waals surface area contributed by atoms with Crippen LogP contribution in [0.5, 0.6) is 0 Å². The van der Waals surface area contributed by atoms with Gasteiger partial charge in [-0.3, -0.25) is 10.5 Å². The number of nitrogens with one attached hydrogen (secondary N) is 1. The Morgan fingerprint density at radius 2 is 2.20 bits per heavy atom. The summed E-state index contributed by atoms with van der Waals surface area (Å²) in [7, 11) is 0. The van der Waals surface area contributed by atoms with Crippen LogP contribution < -0.4 is 11.1 Å². The molecule has 20 heavy (non-hydrogen) atoms. The molecular weight excluding hydrogens is 270 g/mol. The molecule has 0 bridgehead atoms. The van der Waals surface area contributed by atoms with Crippen molar-refractivity contribution in [3.05, 3.63) is 0 Å². The van der Waals surface area contributed by atoms with Gasteiger partial charge in [-0.2, -0.15) is 0 Å². The zero-order chi connectivity index (χ0) is 14.5. The molecule has 1 saturated heterocycles. The summed E-state index contributed by atoms with van der Waals surface area (Å²) in [6, 6.07) is 0. The van der Waals surface area contributed by atoms with Crippen molar-refractivity contribution in [2.24, 2.45) is 20.7 Å². The number of aliphatic imine (C=N–C) groups is 3. The van der Waals surface area contributed by atoms with Crippen molar-refractivity contribution >= 4 is 23.8 Å². The smallest absolute Gasteiger partial charge is 0.276 e. The number of aliphatic hydroxyl groups excluding tert-OH is 3. The molecule has 0 saturated carbocycles. The average molecular weight is 283 g/mol. The van der Waals surface area contributed by atoms with Crippen LogP contribution in [-0.2, 0) is 9.53 Å². The molecule has 0 spiro atoms. The van der Waals surface area contributed by atoms with E-state index in [1.807, 2.05) is 0 Å². The van der Waals surface area contributed by atoms with E-state index in [-0.39, 0.29) is 11.5 Å². The van der Waals surface area contributed by atoms with E-state index in [2.05, 4.69) is 20.3 Å². The van der Waals surface area contributed by atoms with Gasteiger partial charge in [0, 0.05) is 0 Å². The van der Waals surface area contributed by atoms with Crippen molar-refractivity contribution in [2.75, 3.05) is 6.61 Å². The second-order valence-corrected chi connectivity index (χ2v) is 4.70. The summed E-state index contributed by atoms with van der Waals surface area (Å²) >= 11 is 0. The number of nitrogens with two attached hydrogens (primary N) is 1. The number of carbonyl (C=O) groups is 1. The maximum atomic E-state index is 11.9. The standard InChI is InChI=1S/C10H13N5O5/c11-10(7-6(18)5(17)3(1-16)20-7)14-8-4(9(19)15-10)12-2-13-8/h2-3,5-7,16-18H,1,11H2,(H,15,19)/t3-,5-,6-,7?,10?/m1/s1. The molecule has 6 N–H and O–H groups in total. The number of rotatable bonds is 2. The van der Waals surface area contributed by atoms with Gasteiger partial charge in [0.2, 0.25) is 5.79 Å². The predicted octanol–water partition coefficient (Wildman–Crippen LogP) is -3.91. The van der Waals surface area contributed by atoms with E-state index in [0.29, 0.717) is 0 Å². The lowest BCUT2D eigenvalue weighted by Gasteiger charge is -2.35. The Morgan fingerprint density at radius 3 is 2.85 bits per heavy atom. The molecule has 0 aromatic rings. The third-order valence-electron chi connectivity index (χ3n) is 3.37. The lowest BCUT2D eigenvalue weighted by atomic mass is 10.0. The molecule has 3 heterocycles. The quantitative estimate of drug-likeness (QED) is 0.348. The Morgan fingerprint density at radius 1 is 1.45 bits per heavy atom. The number of hydrogen-bond donors (Lipinski definition) is 5. The number of hydrogen-bond acceptors (Lipinski definition) is 9. The SMILES string of the molecule is NC1(C2O[C@H](CO)[C@@H](O)[C@H]2O)N=C2N=CN=C2C(=O)N1. The van der Waals surface area contributed by atoms with Crippen LogP contribution in [0.1, 0.15) is 0 Å². The number of nitrogens with zero attached hydrogens (tertiary/aromatic N) is 3. The highest BCUT2D eigenvalue weighted by molar-refractivity contribution is 6.69. The molecule has 108 valence electrons. The molecule has 3 rings (SSSR count). The monoisotopic (exact) mass is 283 g/mol. The van der Waals surface area contributed by atoms with Crippen LogP contribution in [0.15, 0.2) is 15.0 Å². The second kappa shape index (κ2) is 4.40. The third-order valence-corrected chi connectivity index (χ3v) is 3.37. The van der Waals surface area contributed by atoms with E-state index in [4.69, 9.17) is 15.6 Å². The lowest BCUT2D eigenvalue weighted by molar-refractivity contribution is -0.121. The van der Waals surface area contributed by atoms with Crippen molar-refractivity contribution < 1.29 is 24.9 Å². The third kappa shape index (κ3) is 1.77. The van der Waals surface area contributed by atoms with Crippen LogP contribution in [0, 0.1) is 0 Å². The Hall–Kier alpha value is -1.72. The van der Waals surface area contributed by atoms with Gasteiger partial charge in [-0.1, -0.05) is 0 Å². The fourth-order valence-electron chi connectivity index (χ4n) is 2.34. The van der Waals surface area contributed by atoms with Crippen molar-refractivity contribution in [3.63, 3.8) is 0 Å². The number of carbonyl (C=O) groups excluding carboxylic acids is 1. The Bertz CT molecular complexity index is 546. The summed E-state index contributed by atoms with van der Waals surface area (Å²) in [4.78, 5) is 23.4. The molecule has 0 aromatic carbocycles. The lowest BCUT2D eigenvalue weighted by Crippen LogP contribution is -2.69. The van der Waals surface area contributed by atoms with Crippen LogP contribution in [0.4, 0.5) is 0 Å². The van der Waals surface area contributed by atoms with E-state index < -0.39 is 42.7 Å². The molecule has 1 fully saturated rings. The minimum atomic E-state index is -1.79. The molecule has 1 amide bonds. The van der Waals surface area contributed by atoms with E-state index in [9.17, 15) is 15.0 Å². The van der Waals surface area contributed by atoms with Crippen LogP contribution in [0.25, 0.3) is 0 Å². The first kappa shape index (κ1) is 13.3. The van der Waals surface area contributed by atoms with Gasteiger partial charge in [0.05, 0.1) is 6.61 Å². The summed E-state index contributed by atoms with van der Waals surface area (Å²) < 4.78 is 5.29. The number of fused-ring (bicyclic) bond motifs is 1. The van der Waals surface area contributed by atoms with E-state index >= 15 is 0 Å². The first-order chi connectivity index (χ1) is 9.46. The molecule has 0 aromatic heterocycles. The van der Waals surface area contributed by atoms with Crippen molar-refractivity contribution in [2.45, 2.75) is 30.2 Å². The van der Waals surface area contributed by atoms with Crippen LogP contribution >= 0.6 is 0 Å². The topological polar surface area (TPSA) is 162 Å². The number of amidine groups is 1. The van der Waals surface area contributed by atoms with Crippen molar-refractivity contribution in [1.29, 1.82) is 0 Å². The maximum absolute atomic E-state index is 11.9. The minimum Gasteiger partial charge on any atom is -0.394 e. The number of aliphatic hydroxyl groups is 3. The van der Waals surface area contributed by atoms with E-state index in [1.54, 1.807) is 0 Å². The van der Waals surface area contributed by atoms with Gasteiger partial charge in [-0.05, 0) is 0 Å². The highest BCUT2D eigenvalue weighted by Gasteiger charge is 2.54. The first-order valence-electron chi connectivity index (χ1n) is 5.90. The molecule has 3 aliphatic heterocycles. The van der Waals surface area contributed by atoms with Gasteiger partial charge in [-0.25, -0.2) is 15.0 Å². The van der Waals surface area contributed by atoms with Gasteiger partial charge in [-0.15, -0.1) is 0 Å². The number of ether oxygens (including phenoxy) is 1. The highest BCUT2D eigenvalue weighted by atomic mass is 16.6. The summed E-state index contributed by atoms with van der Waals surface area (Å²) in [6.07, 6.45) is -3.80. The van der Waals surface area contributed by atoms with E-state index in [0.717, 1.165) is 6.34 Å². The van der Waals surface area contributed by atoms with Gasteiger partial charge < -0.3 is 25.4 Å². The normalized spacial score (nSPS) is 43.1. The van der Waals surface area contributed by atoms with Gasteiger partial charge in [0.25, 0.3) is 5.91 Å². The molecule has 3 aliphatic rings. The zero-order valence-electron chi connectivity index (χ0n) is 10.2. The summed E-state index contributed by atoms with van der Waals surface area (Å²) in [5, 5.41) is 31.1. The Labute approximate surface area is 112 Å². The van der Waals surface area contributed by atoms with Crippen molar-refractivity contribution in [1.82, 2.24) is 5.32 Å². The van der Waals surface area contributed by atoms with Gasteiger partial charge in [0.1, 0.15) is 30.8 Å². The molecule has 10 heteroatoms. The minimum absolute atomic E-state index is 0.0258. The molecule has 0 radical (unpaired) electrons. The molecule has 2 unspecified atom stereocenters. The van der Waals surface area contributed by atoms with E-state index in [1.165, 1.54) is 0 Å². The zero-order valence-corrected chi connectivity index (χ0v) is 10.2. The number of amides is 1. The van der Waals surface area contributed by atoms with Crippen LogP contribution in [-0.4, -0.2) is 75.9 Å². The predicted molar refractivity (Wildman–Crippen MR) is 66.2 cm³/mol. The second-order valence-electron chi connectivity index (χ2n) is 4.70. The summed E-state index contributed by atoms with van der Waals surface area (Å²) in [5.74, 6) is -2.36. The highest BCUT2D eigenvalue weighted by Crippen LogP contribution is 2.29. The Balaban J connectivity index is 1.94. The van der Waals surface area contributed by atoms with Crippen molar-refractivity contribution in [3.8, 4) is 0 Å². The summed E-state index contributed by atoms with van der Waals surface area (Å²) in [6.45, 7) is -0.500. The summed E-state index contributed by atoms with van der Waals surface area (Å²) in [5.41, 5.74) is 5.98. The maximum Gasteiger partial charge on any atom is 0.276 e. The molecule has 0 aliphatic carbocycles. The average Bonchev–Trinajstić information content (AvgIpc) is 2.96. The van der Waals surface area contributed by atoms with Gasteiger partial charge >= 0.3 is 0 Å². The molecular formula is C10H13N5O5. The Kier molecular flexibility index (Phi) is 2.92. The molecule has 5 atom stereocenters. The fraction of sp³-hybridized carbons (Fsp3) is 0.600.